The fourth-order valence-corrected chi connectivity index (χ4v) is 4.12. The van der Waals surface area contributed by atoms with Gasteiger partial charge in [0.05, 0.1) is 12.3 Å². The van der Waals surface area contributed by atoms with Crippen LogP contribution in [0.3, 0.4) is 0 Å². The van der Waals surface area contributed by atoms with E-state index in [9.17, 15) is 4.79 Å². The van der Waals surface area contributed by atoms with Crippen LogP contribution in [0.1, 0.15) is 22.5 Å². The lowest BCUT2D eigenvalue weighted by molar-refractivity contribution is -0.113. The normalized spacial score (nSPS) is 10.7. The Kier molecular flexibility index (Phi) is 7.42. The van der Waals surface area contributed by atoms with E-state index >= 15 is 0 Å². The number of hydrogen-bond donors (Lipinski definition) is 1. The second-order valence-electron chi connectivity index (χ2n) is 7.78. The molecule has 0 radical (unpaired) electrons. The second kappa shape index (κ2) is 10.8. The quantitative estimate of drug-likeness (QED) is 0.347. The Morgan fingerprint density at radius 3 is 2.45 bits per heavy atom. The Hall–Kier alpha value is -3.58. The summed E-state index contributed by atoms with van der Waals surface area (Å²) >= 11 is 1.36. The lowest BCUT2D eigenvalue weighted by atomic mass is 10.2. The van der Waals surface area contributed by atoms with E-state index in [1.54, 1.807) is 0 Å². The van der Waals surface area contributed by atoms with Gasteiger partial charge in [-0.15, -0.1) is 10.2 Å². The highest BCUT2D eigenvalue weighted by Gasteiger charge is 2.16. The number of rotatable bonds is 9. The van der Waals surface area contributed by atoms with Crippen molar-refractivity contribution in [1.29, 1.82) is 0 Å². The first-order valence-electron chi connectivity index (χ1n) is 10.7. The predicted molar refractivity (Wildman–Crippen MR) is 132 cm³/mol. The molecule has 6 nitrogen and oxygen atoms in total. The van der Waals surface area contributed by atoms with E-state index in [0.717, 1.165) is 28.1 Å². The number of aryl methyl sites for hydroxylation is 2. The molecule has 1 aromatic heterocycles. The van der Waals surface area contributed by atoms with Crippen LogP contribution in [0.2, 0.25) is 0 Å². The number of thioether (sulfide) groups is 1. The van der Waals surface area contributed by atoms with Crippen LogP contribution in [-0.2, 0) is 17.9 Å². The molecular weight excluding hydrogens is 432 g/mol. The molecule has 0 aliphatic carbocycles. The maximum atomic E-state index is 12.5. The molecule has 33 heavy (non-hydrogen) atoms. The highest BCUT2D eigenvalue weighted by Crippen LogP contribution is 2.21. The summed E-state index contributed by atoms with van der Waals surface area (Å²) in [4.78, 5) is 12.5. The summed E-state index contributed by atoms with van der Waals surface area (Å²) in [5.41, 5.74) is 4.15. The fourth-order valence-electron chi connectivity index (χ4n) is 3.36. The standard InChI is InChI=1S/C26H26N4O2S/c1-19-8-6-12-22(14-19)27-25(31)18-33-26-29-28-24(17-32-23-13-7-9-20(2)15-23)30(26)16-21-10-4-3-5-11-21/h3-15H,16-18H2,1-2H3,(H,27,31). The highest BCUT2D eigenvalue weighted by atomic mass is 32.2. The minimum atomic E-state index is -0.0857. The first-order chi connectivity index (χ1) is 16.1. The van der Waals surface area contributed by atoms with Crippen molar-refractivity contribution < 1.29 is 9.53 Å². The molecule has 1 heterocycles. The van der Waals surface area contributed by atoms with E-state index in [1.807, 2.05) is 85.1 Å². The number of carbonyl (C=O) groups excluding carboxylic acids is 1. The molecule has 0 aliphatic rings. The molecule has 3 aromatic carbocycles. The van der Waals surface area contributed by atoms with Crippen molar-refractivity contribution in [3.05, 3.63) is 101 Å². The van der Waals surface area contributed by atoms with Gasteiger partial charge in [0.15, 0.2) is 11.0 Å². The monoisotopic (exact) mass is 458 g/mol. The number of anilines is 1. The smallest absolute Gasteiger partial charge is 0.234 e. The summed E-state index contributed by atoms with van der Waals surface area (Å²) in [5.74, 6) is 1.65. The number of nitrogens with one attached hydrogen (secondary N) is 1. The van der Waals surface area contributed by atoms with Crippen molar-refractivity contribution in [3.63, 3.8) is 0 Å². The van der Waals surface area contributed by atoms with Crippen molar-refractivity contribution in [3.8, 4) is 5.75 Å². The first kappa shape index (κ1) is 22.6. The summed E-state index contributed by atoms with van der Waals surface area (Å²) < 4.78 is 7.98. The van der Waals surface area contributed by atoms with Crippen LogP contribution in [0.15, 0.2) is 84.0 Å². The minimum Gasteiger partial charge on any atom is -0.486 e. The van der Waals surface area contributed by atoms with Gasteiger partial charge in [0.25, 0.3) is 0 Å². The molecule has 0 unspecified atom stereocenters. The number of ether oxygens (including phenoxy) is 1. The van der Waals surface area contributed by atoms with Crippen molar-refractivity contribution in [2.75, 3.05) is 11.1 Å². The fraction of sp³-hybridized carbons (Fsp3) is 0.192. The summed E-state index contributed by atoms with van der Waals surface area (Å²) in [6.07, 6.45) is 0. The summed E-state index contributed by atoms with van der Waals surface area (Å²) in [7, 11) is 0. The molecule has 1 N–H and O–H groups in total. The van der Waals surface area contributed by atoms with Gasteiger partial charge < -0.3 is 10.1 Å². The lowest BCUT2D eigenvalue weighted by Crippen LogP contribution is -2.15. The maximum absolute atomic E-state index is 12.5. The second-order valence-corrected chi connectivity index (χ2v) is 8.72. The van der Waals surface area contributed by atoms with E-state index in [-0.39, 0.29) is 11.7 Å². The van der Waals surface area contributed by atoms with Gasteiger partial charge in [0, 0.05) is 5.69 Å². The number of amides is 1. The summed E-state index contributed by atoms with van der Waals surface area (Å²) in [5, 5.41) is 12.3. The Labute approximate surface area is 198 Å². The van der Waals surface area contributed by atoms with Crippen molar-refractivity contribution >= 4 is 23.4 Å². The van der Waals surface area contributed by atoms with Gasteiger partial charge in [0.2, 0.25) is 5.91 Å². The summed E-state index contributed by atoms with van der Waals surface area (Å²) in [6.45, 7) is 4.92. The largest absolute Gasteiger partial charge is 0.486 e. The van der Waals surface area contributed by atoms with Gasteiger partial charge >= 0.3 is 0 Å². The highest BCUT2D eigenvalue weighted by molar-refractivity contribution is 7.99. The number of aromatic nitrogens is 3. The third-order valence-electron chi connectivity index (χ3n) is 4.97. The van der Waals surface area contributed by atoms with Crippen LogP contribution in [0.25, 0.3) is 0 Å². The van der Waals surface area contributed by atoms with Crippen LogP contribution in [0.5, 0.6) is 5.75 Å². The van der Waals surface area contributed by atoms with Gasteiger partial charge in [-0.25, -0.2) is 0 Å². The first-order valence-corrected chi connectivity index (χ1v) is 11.7. The molecule has 0 bridgehead atoms. The van der Waals surface area contributed by atoms with Gasteiger partial charge in [-0.3, -0.25) is 9.36 Å². The molecule has 1 amide bonds. The molecule has 4 rings (SSSR count). The third kappa shape index (κ3) is 6.46. The van der Waals surface area contributed by atoms with Crippen molar-refractivity contribution in [2.24, 2.45) is 0 Å². The number of hydrogen-bond acceptors (Lipinski definition) is 5. The number of nitrogens with zero attached hydrogens (tertiary/aromatic N) is 3. The van der Waals surface area contributed by atoms with E-state index < -0.39 is 0 Å². The van der Waals surface area contributed by atoms with Crippen LogP contribution in [0, 0.1) is 13.8 Å². The number of benzene rings is 3. The molecule has 0 saturated carbocycles. The van der Waals surface area contributed by atoms with Crippen molar-refractivity contribution in [2.45, 2.75) is 32.2 Å². The zero-order valence-electron chi connectivity index (χ0n) is 18.7. The van der Waals surface area contributed by atoms with Gasteiger partial charge in [-0.1, -0.05) is 66.4 Å². The summed E-state index contributed by atoms with van der Waals surface area (Å²) in [6, 6.07) is 25.8. The van der Waals surface area contributed by atoms with E-state index in [4.69, 9.17) is 4.74 Å². The molecule has 168 valence electrons. The van der Waals surface area contributed by atoms with Gasteiger partial charge in [-0.05, 0) is 54.8 Å². The Morgan fingerprint density at radius 2 is 1.70 bits per heavy atom. The Morgan fingerprint density at radius 1 is 0.939 bits per heavy atom. The molecule has 0 spiro atoms. The van der Waals surface area contributed by atoms with E-state index in [2.05, 4.69) is 27.6 Å². The zero-order chi connectivity index (χ0) is 23.0. The average Bonchev–Trinajstić information content (AvgIpc) is 3.18. The van der Waals surface area contributed by atoms with Crippen LogP contribution < -0.4 is 10.1 Å². The molecule has 0 aliphatic heterocycles. The van der Waals surface area contributed by atoms with E-state index in [0.29, 0.717) is 24.1 Å². The van der Waals surface area contributed by atoms with E-state index in [1.165, 1.54) is 11.8 Å². The molecular formula is C26H26N4O2S. The van der Waals surface area contributed by atoms with Crippen molar-refractivity contribution in [1.82, 2.24) is 14.8 Å². The van der Waals surface area contributed by atoms with Crippen LogP contribution in [-0.4, -0.2) is 26.4 Å². The maximum Gasteiger partial charge on any atom is 0.234 e. The molecule has 0 saturated heterocycles. The zero-order valence-corrected chi connectivity index (χ0v) is 19.5. The van der Waals surface area contributed by atoms with Crippen LogP contribution >= 0.6 is 11.8 Å². The molecule has 4 aromatic rings. The third-order valence-corrected chi connectivity index (χ3v) is 5.94. The van der Waals surface area contributed by atoms with Gasteiger partial charge in [-0.2, -0.15) is 0 Å². The van der Waals surface area contributed by atoms with Crippen LogP contribution in [0.4, 0.5) is 5.69 Å². The Balaban J connectivity index is 1.47. The molecule has 0 atom stereocenters. The predicted octanol–water partition coefficient (Wildman–Crippen LogP) is 5.25. The minimum absolute atomic E-state index is 0.0857. The topological polar surface area (TPSA) is 69.0 Å². The molecule has 0 fully saturated rings. The molecule has 7 heteroatoms. The average molecular weight is 459 g/mol. The number of carbonyl (C=O) groups is 1. The lowest BCUT2D eigenvalue weighted by Gasteiger charge is -2.12. The Bertz CT molecular complexity index is 1220. The SMILES string of the molecule is Cc1cccc(NC(=O)CSc2nnc(COc3cccc(C)c3)n2Cc2ccccc2)c1. The van der Waals surface area contributed by atoms with Gasteiger partial charge in [0.1, 0.15) is 12.4 Å².